The van der Waals surface area contributed by atoms with Gasteiger partial charge in [0.05, 0.1) is 17.8 Å². The molecule has 0 unspecified atom stereocenters. The van der Waals surface area contributed by atoms with Gasteiger partial charge in [0.1, 0.15) is 10.7 Å². The molecule has 0 fully saturated rings. The highest BCUT2D eigenvalue weighted by Gasteiger charge is 2.18. The zero-order valence-corrected chi connectivity index (χ0v) is 13.4. The number of pyridine rings is 1. The number of thiazole rings is 1. The molecule has 22 heavy (non-hydrogen) atoms. The van der Waals surface area contributed by atoms with Crippen molar-refractivity contribution in [2.75, 3.05) is 0 Å². The Morgan fingerprint density at radius 3 is 2.68 bits per heavy atom. The van der Waals surface area contributed by atoms with Crippen molar-refractivity contribution in [1.82, 2.24) is 15.3 Å². The standard InChI is InChI=1S/C15H17N3O3S/c1-15(2,3)11-8-22-12(18-11)7-17-13(19)10-6-9(14(20)21)4-5-16-10/h4-6,8H,7H2,1-3H3,(H,17,19)(H,20,21). The molecule has 0 aromatic carbocycles. The van der Waals surface area contributed by atoms with Crippen molar-refractivity contribution in [3.63, 3.8) is 0 Å². The number of aromatic carboxylic acids is 1. The minimum Gasteiger partial charge on any atom is -0.478 e. The van der Waals surface area contributed by atoms with E-state index in [4.69, 9.17) is 5.11 Å². The zero-order valence-electron chi connectivity index (χ0n) is 12.6. The molecular formula is C15H17N3O3S. The largest absolute Gasteiger partial charge is 0.478 e. The van der Waals surface area contributed by atoms with E-state index in [-0.39, 0.29) is 16.7 Å². The fourth-order valence-corrected chi connectivity index (χ4v) is 2.63. The topological polar surface area (TPSA) is 92.2 Å². The second-order valence-corrected chi connectivity index (χ2v) is 6.74. The molecule has 0 atom stereocenters. The van der Waals surface area contributed by atoms with Gasteiger partial charge in [0.15, 0.2) is 0 Å². The van der Waals surface area contributed by atoms with Gasteiger partial charge >= 0.3 is 5.97 Å². The smallest absolute Gasteiger partial charge is 0.335 e. The molecular weight excluding hydrogens is 302 g/mol. The Kier molecular flexibility index (Phi) is 4.56. The Bertz CT molecular complexity index is 704. The average Bonchev–Trinajstić information content (AvgIpc) is 2.94. The summed E-state index contributed by atoms with van der Waals surface area (Å²) in [5.41, 5.74) is 1.06. The monoisotopic (exact) mass is 319 g/mol. The molecule has 2 heterocycles. The van der Waals surface area contributed by atoms with E-state index >= 15 is 0 Å². The van der Waals surface area contributed by atoms with Gasteiger partial charge < -0.3 is 10.4 Å². The fraction of sp³-hybridized carbons (Fsp3) is 0.333. The first-order valence-electron chi connectivity index (χ1n) is 6.70. The second-order valence-electron chi connectivity index (χ2n) is 5.79. The van der Waals surface area contributed by atoms with E-state index in [1.165, 1.54) is 29.7 Å². The third-order valence-electron chi connectivity index (χ3n) is 2.96. The third-order valence-corrected chi connectivity index (χ3v) is 3.81. The minimum absolute atomic E-state index is 0.0316. The van der Waals surface area contributed by atoms with E-state index in [9.17, 15) is 9.59 Å². The van der Waals surface area contributed by atoms with Gasteiger partial charge in [-0.2, -0.15) is 0 Å². The molecule has 0 aliphatic rings. The van der Waals surface area contributed by atoms with Gasteiger partial charge in [0, 0.05) is 17.0 Å². The van der Waals surface area contributed by atoms with E-state index in [0.717, 1.165) is 10.7 Å². The minimum atomic E-state index is -1.09. The van der Waals surface area contributed by atoms with Gasteiger partial charge in [-0.15, -0.1) is 11.3 Å². The number of amides is 1. The molecule has 6 nitrogen and oxygen atoms in total. The highest BCUT2D eigenvalue weighted by molar-refractivity contribution is 7.09. The Morgan fingerprint density at radius 2 is 2.09 bits per heavy atom. The summed E-state index contributed by atoms with van der Waals surface area (Å²) in [6.45, 7) is 6.52. The summed E-state index contributed by atoms with van der Waals surface area (Å²) in [6.07, 6.45) is 1.31. The Balaban J connectivity index is 2.02. The summed E-state index contributed by atoms with van der Waals surface area (Å²) in [5, 5.41) is 14.4. The summed E-state index contributed by atoms with van der Waals surface area (Å²) >= 11 is 1.48. The fourth-order valence-electron chi connectivity index (χ4n) is 1.67. The Morgan fingerprint density at radius 1 is 1.36 bits per heavy atom. The van der Waals surface area contributed by atoms with E-state index in [0.29, 0.717) is 6.54 Å². The van der Waals surface area contributed by atoms with Crippen LogP contribution in [0.5, 0.6) is 0 Å². The van der Waals surface area contributed by atoms with Crippen LogP contribution >= 0.6 is 11.3 Å². The number of hydrogen-bond acceptors (Lipinski definition) is 5. The summed E-state index contributed by atoms with van der Waals surface area (Å²) < 4.78 is 0. The van der Waals surface area contributed by atoms with Gasteiger partial charge in [-0.1, -0.05) is 20.8 Å². The maximum atomic E-state index is 12.0. The molecule has 0 saturated carbocycles. The second kappa shape index (κ2) is 6.23. The maximum Gasteiger partial charge on any atom is 0.335 e. The van der Waals surface area contributed by atoms with Crippen LogP contribution in [0, 0.1) is 0 Å². The Labute approximate surface area is 132 Å². The third kappa shape index (κ3) is 3.88. The number of nitrogens with one attached hydrogen (secondary N) is 1. The molecule has 2 aromatic heterocycles. The summed E-state index contributed by atoms with van der Waals surface area (Å²) in [7, 11) is 0. The number of aromatic nitrogens is 2. The van der Waals surface area contributed by atoms with Crippen LogP contribution in [-0.4, -0.2) is 27.0 Å². The normalized spacial score (nSPS) is 11.2. The van der Waals surface area contributed by atoms with Crippen LogP contribution in [0.2, 0.25) is 0 Å². The highest BCUT2D eigenvalue weighted by Crippen LogP contribution is 2.23. The van der Waals surface area contributed by atoms with Crippen LogP contribution in [0.3, 0.4) is 0 Å². The van der Waals surface area contributed by atoms with Gasteiger partial charge in [0.25, 0.3) is 5.91 Å². The average molecular weight is 319 g/mol. The van der Waals surface area contributed by atoms with Crippen LogP contribution in [0.15, 0.2) is 23.7 Å². The maximum absolute atomic E-state index is 12.0. The van der Waals surface area contributed by atoms with Crippen LogP contribution in [0.25, 0.3) is 0 Å². The Hall–Kier alpha value is -2.28. The van der Waals surface area contributed by atoms with E-state index < -0.39 is 11.9 Å². The van der Waals surface area contributed by atoms with Crippen molar-refractivity contribution in [1.29, 1.82) is 0 Å². The number of rotatable bonds is 4. The highest BCUT2D eigenvalue weighted by atomic mass is 32.1. The first-order valence-corrected chi connectivity index (χ1v) is 7.58. The number of carbonyl (C=O) groups is 2. The number of hydrogen-bond donors (Lipinski definition) is 2. The summed E-state index contributed by atoms with van der Waals surface area (Å²) in [5.74, 6) is -1.51. The van der Waals surface area contributed by atoms with Gasteiger partial charge in [-0.05, 0) is 12.1 Å². The van der Waals surface area contributed by atoms with E-state index in [1.807, 2.05) is 5.38 Å². The van der Waals surface area contributed by atoms with Gasteiger partial charge in [0.2, 0.25) is 0 Å². The lowest BCUT2D eigenvalue weighted by Gasteiger charge is -2.14. The number of carboxylic acids is 1. The molecule has 2 N–H and O–H groups in total. The first kappa shape index (κ1) is 16.1. The van der Waals surface area contributed by atoms with Crippen LogP contribution in [0.1, 0.15) is 52.3 Å². The predicted molar refractivity (Wildman–Crippen MR) is 83.2 cm³/mol. The van der Waals surface area contributed by atoms with Crippen molar-refractivity contribution in [3.05, 3.63) is 45.7 Å². The molecule has 0 bridgehead atoms. The number of nitrogens with zero attached hydrogens (tertiary/aromatic N) is 2. The van der Waals surface area contributed by atoms with Crippen LogP contribution < -0.4 is 5.32 Å². The van der Waals surface area contributed by atoms with E-state index in [2.05, 4.69) is 36.1 Å². The lowest BCUT2D eigenvalue weighted by molar-refractivity contribution is 0.0696. The lowest BCUT2D eigenvalue weighted by atomic mass is 9.93. The van der Waals surface area contributed by atoms with Gasteiger partial charge in [-0.25, -0.2) is 9.78 Å². The summed E-state index contributed by atoms with van der Waals surface area (Å²) in [4.78, 5) is 31.3. The lowest BCUT2D eigenvalue weighted by Crippen LogP contribution is -2.24. The van der Waals surface area contributed by atoms with Crippen LogP contribution in [0.4, 0.5) is 0 Å². The van der Waals surface area contributed by atoms with Crippen molar-refractivity contribution < 1.29 is 14.7 Å². The quantitative estimate of drug-likeness (QED) is 0.903. The molecule has 0 aliphatic heterocycles. The molecule has 2 aromatic rings. The van der Waals surface area contributed by atoms with Gasteiger partial charge in [-0.3, -0.25) is 9.78 Å². The molecule has 0 spiro atoms. The van der Waals surface area contributed by atoms with E-state index in [1.54, 1.807) is 0 Å². The summed E-state index contributed by atoms with van der Waals surface area (Å²) in [6, 6.07) is 2.59. The van der Waals surface area contributed by atoms with Crippen LogP contribution in [-0.2, 0) is 12.0 Å². The molecule has 1 amide bonds. The first-order chi connectivity index (χ1) is 10.3. The van der Waals surface area contributed by atoms with Crippen molar-refractivity contribution in [2.24, 2.45) is 0 Å². The molecule has 2 rings (SSSR count). The molecule has 0 saturated heterocycles. The molecule has 0 radical (unpaired) electrons. The number of carboxylic acid groups (broad SMARTS) is 1. The predicted octanol–water partition coefficient (Wildman–Crippen LogP) is 2.46. The molecule has 116 valence electrons. The number of carbonyl (C=O) groups excluding carboxylic acids is 1. The van der Waals surface area contributed by atoms with Crippen molar-refractivity contribution >= 4 is 23.2 Å². The zero-order chi connectivity index (χ0) is 16.3. The van der Waals surface area contributed by atoms with Crippen molar-refractivity contribution in [2.45, 2.75) is 32.7 Å². The molecule has 7 heteroatoms. The molecule has 0 aliphatic carbocycles. The SMILES string of the molecule is CC(C)(C)c1csc(CNC(=O)c2cc(C(=O)O)ccn2)n1. The van der Waals surface area contributed by atoms with Crippen molar-refractivity contribution in [3.8, 4) is 0 Å².